The van der Waals surface area contributed by atoms with E-state index in [4.69, 9.17) is 5.73 Å². The molecule has 1 aliphatic heterocycles. The average Bonchev–Trinajstić information content (AvgIpc) is 2.59. The van der Waals surface area contributed by atoms with E-state index in [1.165, 1.54) is 0 Å². The molecule has 1 saturated carbocycles. The lowest BCUT2D eigenvalue weighted by atomic mass is 10.1. The Balaban J connectivity index is 1.86. The molecule has 0 spiro atoms. The standard InChI is InChI=1S/C12H19N3O2S/c1-12(2)6-9(12)10-5-11(13)15(14-10)8-3-4-18(16,17)7-8/h5,8-9H,3-4,6-7,13H2,1-2H3. The first kappa shape index (κ1) is 12.0. The van der Waals surface area contributed by atoms with Crippen LogP contribution in [0.1, 0.15) is 44.3 Å². The van der Waals surface area contributed by atoms with Gasteiger partial charge in [0, 0.05) is 12.0 Å². The maximum absolute atomic E-state index is 11.5. The number of nitrogen functional groups attached to an aromatic ring is 1. The second-order valence-corrected chi connectivity index (χ2v) is 8.47. The van der Waals surface area contributed by atoms with Crippen LogP contribution in [-0.4, -0.2) is 29.7 Å². The SMILES string of the molecule is CC1(C)CC1c1cc(N)n(C2CCS(=O)(=O)C2)n1. The highest BCUT2D eigenvalue weighted by Gasteiger charge is 2.48. The minimum Gasteiger partial charge on any atom is -0.384 e. The molecule has 2 heterocycles. The van der Waals surface area contributed by atoms with Gasteiger partial charge in [-0.15, -0.1) is 0 Å². The van der Waals surface area contributed by atoms with Crippen LogP contribution in [0.15, 0.2) is 6.07 Å². The summed E-state index contributed by atoms with van der Waals surface area (Å²) in [5.41, 5.74) is 7.30. The van der Waals surface area contributed by atoms with Crippen molar-refractivity contribution in [2.24, 2.45) is 5.41 Å². The predicted molar refractivity (Wildman–Crippen MR) is 70.1 cm³/mol. The van der Waals surface area contributed by atoms with Gasteiger partial charge < -0.3 is 5.73 Å². The van der Waals surface area contributed by atoms with Crippen LogP contribution in [0.4, 0.5) is 5.82 Å². The minimum atomic E-state index is -2.89. The number of rotatable bonds is 2. The van der Waals surface area contributed by atoms with Crippen molar-refractivity contribution < 1.29 is 8.42 Å². The molecule has 2 N–H and O–H groups in total. The fourth-order valence-electron chi connectivity index (χ4n) is 2.83. The molecule has 2 atom stereocenters. The highest BCUT2D eigenvalue weighted by atomic mass is 32.2. The predicted octanol–water partition coefficient (Wildman–Crippen LogP) is 1.34. The normalized spacial score (nSPS) is 32.6. The molecule has 2 unspecified atom stereocenters. The Hall–Kier alpha value is -1.04. The fourth-order valence-corrected chi connectivity index (χ4v) is 4.52. The topological polar surface area (TPSA) is 78.0 Å². The Morgan fingerprint density at radius 3 is 2.67 bits per heavy atom. The lowest BCUT2D eigenvalue weighted by molar-refractivity contribution is 0.498. The van der Waals surface area contributed by atoms with Crippen LogP contribution in [0.2, 0.25) is 0 Å². The van der Waals surface area contributed by atoms with Gasteiger partial charge in [0.15, 0.2) is 9.84 Å². The zero-order chi connectivity index (χ0) is 13.1. The first-order valence-corrected chi connectivity index (χ1v) is 8.16. The third kappa shape index (κ3) is 1.92. The van der Waals surface area contributed by atoms with E-state index in [2.05, 4.69) is 18.9 Å². The zero-order valence-corrected chi connectivity index (χ0v) is 11.6. The molecule has 18 heavy (non-hydrogen) atoms. The molecule has 0 bridgehead atoms. The van der Waals surface area contributed by atoms with Crippen molar-refractivity contribution in [2.45, 2.75) is 38.6 Å². The summed E-state index contributed by atoms with van der Waals surface area (Å²) in [6.45, 7) is 4.43. The molecule has 1 aliphatic carbocycles. The number of nitrogens with zero attached hydrogens (tertiary/aromatic N) is 2. The summed E-state index contributed by atoms with van der Waals surface area (Å²) in [5.74, 6) is 1.49. The molecule has 0 aromatic carbocycles. The highest BCUT2D eigenvalue weighted by Crippen LogP contribution is 2.58. The Kier molecular flexibility index (Phi) is 2.33. The van der Waals surface area contributed by atoms with Gasteiger partial charge in [0.25, 0.3) is 0 Å². The molecule has 2 fully saturated rings. The molecular formula is C12H19N3O2S. The molecule has 2 aliphatic rings. The third-order valence-electron chi connectivity index (χ3n) is 4.21. The van der Waals surface area contributed by atoms with Crippen molar-refractivity contribution in [3.8, 4) is 0 Å². The second-order valence-electron chi connectivity index (χ2n) is 6.24. The van der Waals surface area contributed by atoms with Crippen LogP contribution in [0, 0.1) is 5.41 Å². The average molecular weight is 269 g/mol. The molecule has 0 radical (unpaired) electrons. The summed E-state index contributed by atoms with van der Waals surface area (Å²) in [6, 6.07) is 1.83. The molecule has 6 heteroatoms. The fraction of sp³-hybridized carbons (Fsp3) is 0.750. The van der Waals surface area contributed by atoms with E-state index >= 15 is 0 Å². The molecule has 100 valence electrons. The Morgan fingerprint density at radius 1 is 1.50 bits per heavy atom. The van der Waals surface area contributed by atoms with Crippen molar-refractivity contribution in [1.82, 2.24) is 9.78 Å². The van der Waals surface area contributed by atoms with Crippen molar-refractivity contribution in [3.63, 3.8) is 0 Å². The third-order valence-corrected chi connectivity index (χ3v) is 5.96. The first-order chi connectivity index (χ1) is 8.28. The second kappa shape index (κ2) is 3.50. The number of aromatic nitrogens is 2. The number of sulfone groups is 1. The number of anilines is 1. The smallest absolute Gasteiger partial charge is 0.152 e. The van der Waals surface area contributed by atoms with Gasteiger partial charge in [0.1, 0.15) is 5.82 Å². The maximum atomic E-state index is 11.5. The number of hydrogen-bond donors (Lipinski definition) is 1. The summed E-state index contributed by atoms with van der Waals surface area (Å²) in [7, 11) is -2.89. The van der Waals surface area contributed by atoms with Gasteiger partial charge >= 0.3 is 0 Å². The van der Waals surface area contributed by atoms with Crippen molar-refractivity contribution in [3.05, 3.63) is 11.8 Å². The molecule has 1 aromatic rings. The van der Waals surface area contributed by atoms with E-state index in [9.17, 15) is 8.42 Å². The molecule has 5 nitrogen and oxygen atoms in total. The van der Waals surface area contributed by atoms with Crippen molar-refractivity contribution in [1.29, 1.82) is 0 Å². The van der Waals surface area contributed by atoms with E-state index in [0.717, 1.165) is 12.1 Å². The van der Waals surface area contributed by atoms with Crippen LogP contribution >= 0.6 is 0 Å². The van der Waals surface area contributed by atoms with E-state index in [1.54, 1.807) is 4.68 Å². The zero-order valence-electron chi connectivity index (χ0n) is 10.8. The molecule has 1 aromatic heterocycles. The summed E-state index contributed by atoms with van der Waals surface area (Å²) >= 11 is 0. The van der Waals surface area contributed by atoms with E-state index in [-0.39, 0.29) is 17.5 Å². The van der Waals surface area contributed by atoms with Gasteiger partial charge in [-0.25, -0.2) is 13.1 Å². The van der Waals surface area contributed by atoms with Crippen LogP contribution in [0.3, 0.4) is 0 Å². The minimum absolute atomic E-state index is 0.0781. The van der Waals surface area contributed by atoms with Gasteiger partial charge in [-0.2, -0.15) is 5.10 Å². The Bertz CT molecular complexity index is 588. The molecular weight excluding hydrogens is 250 g/mol. The van der Waals surface area contributed by atoms with Crippen LogP contribution < -0.4 is 5.73 Å². The number of hydrogen-bond acceptors (Lipinski definition) is 4. The van der Waals surface area contributed by atoms with Crippen LogP contribution in [0.25, 0.3) is 0 Å². The quantitative estimate of drug-likeness (QED) is 0.878. The van der Waals surface area contributed by atoms with Gasteiger partial charge in [0.2, 0.25) is 0 Å². The van der Waals surface area contributed by atoms with E-state index in [1.807, 2.05) is 6.07 Å². The number of nitrogens with two attached hydrogens (primary N) is 1. The first-order valence-electron chi connectivity index (χ1n) is 6.34. The monoisotopic (exact) mass is 269 g/mol. The largest absolute Gasteiger partial charge is 0.384 e. The van der Waals surface area contributed by atoms with Gasteiger partial charge in [0.05, 0.1) is 23.2 Å². The molecule has 1 saturated heterocycles. The summed E-state index contributed by atoms with van der Waals surface area (Å²) in [6.07, 6.45) is 1.76. The van der Waals surface area contributed by atoms with Crippen LogP contribution in [0.5, 0.6) is 0 Å². The molecule has 0 amide bonds. The summed E-state index contributed by atoms with van der Waals surface area (Å²) in [4.78, 5) is 0. The Labute approximate surface area is 107 Å². The van der Waals surface area contributed by atoms with Gasteiger partial charge in [-0.3, -0.25) is 0 Å². The van der Waals surface area contributed by atoms with Gasteiger partial charge in [-0.1, -0.05) is 13.8 Å². The lowest BCUT2D eigenvalue weighted by Crippen LogP contribution is -2.14. The summed E-state index contributed by atoms with van der Waals surface area (Å²) < 4.78 is 24.7. The van der Waals surface area contributed by atoms with E-state index < -0.39 is 9.84 Å². The Morgan fingerprint density at radius 2 is 2.17 bits per heavy atom. The lowest BCUT2D eigenvalue weighted by Gasteiger charge is -2.10. The maximum Gasteiger partial charge on any atom is 0.152 e. The van der Waals surface area contributed by atoms with E-state index in [0.29, 0.717) is 23.6 Å². The van der Waals surface area contributed by atoms with Crippen molar-refractivity contribution >= 4 is 15.7 Å². The highest BCUT2D eigenvalue weighted by molar-refractivity contribution is 7.91. The summed E-state index contributed by atoms with van der Waals surface area (Å²) in [5, 5.41) is 4.54. The van der Waals surface area contributed by atoms with Crippen LogP contribution in [-0.2, 0) is 9.84 Å². The van der Waals surface area contributed by atoms with Crippen molar-refractivity contribution in [2.75, 3.05) is 17.2 Å². The van der Waals surface area contributed by atoms with Gasteiger partial charge in [-0.05, 0) is 18.3 Å². The molecule has 3 rings (SSSR count).